The fourth-order valence-electron chi connectivity index (χ4n) is 3.46. The zero-order chi connectivity index (χ0) is 10.9. The standard InChI is InChI=1S/C13H22O2/c1-3-7-15-13(12(14)4-2)9-10-5-6-11(13)8-10/h10-11H,3-9H2,1-2H3. The predicted molar refractivity (Wildman–Crippen MR) is 59.7 cm³/mol. The van der Waals surface area contributed by atoms with Crippen molar-refractivity contribution in [3.05, 3.63) is 0 Å². The second-order valence-electron chi connectivity index (χ2n) is 5.09. The monoisotopic (exact) mass is 210 g/mol. The molecule has 0 aromatic carbocycles. The topological polar surface area (TPSA) is 26.3 Å². The summed E-state index contributed by atoms with van der Waals surface area (Å²) in [5.41, 5.74) is -0.367. The van der Waals surface area contributed by atoms with Gasteiger partial charge in [0, 0.05) is 13.0 Å². The fourth-order valence-corrected chi connectivity index (χ4v) is 3.46. The van der Waals surface area contributed by atoms with E-state index in [9.17, 15) is 4.79 Å². The molecule has 0 amide bonds. The highest BCUT2D eigenvalue weighted by Gasteiger charge is 2.55. The lowest BCUT2D eigenvalue weighted by Gasteiger charge is -2.36. The number of hydrogen-bond acceptors (Lipinski definition) is 2. The summed E-state index contributed by atoms with van der Waals surface area (Å²) in [7, 11) is 0. The van der Waals surface area contributed by atoms with Crippen LogP contribution in [0.4, 0.5) is 0 Å². The molecule has 0 aromatic rings. The molecule has 2 aliphatic rings. The lowest BCUT2D eigenvalue weighted by atomic mass is 9.80. The fraction of sp³-hybridized carbons (Fsp3) is 0.923. The van der Waals surface area contributed by atoms with Crippen LogP contribution >= 0.6 is 0 Å². The van der Waals surface area contributed by atoms with Crippen molar-refractivity contribution in [1.29, 1.82) is 0 Å². The van der Waals surface area contributed by atoms with Gasteiger partial charge in [-0.15, -0.1) is 0 Å². The number of rotatable bonds is 5. The molecule has 2 heteroatoms. The molecular weight excluding hydrogens is 188 g/mol. The average molecular weight is 210 g/mol. The predicted octanol–water partition coefficient (Wildman–Crippen LogP) is 2.95. The molecule has 0 heterocycles. The number of hydrogen-bond donors (Lipinski definition) is 0. The Bertz CT molecular complexity index is 249. The van der Waals surface area contributed by atoms with E-state index in [1.807, 2.05) is 6.92 Å². The number of Topliss-reactive ketones (excluding diaryl/α,β-unsaturated/α-hetero) is 1. The maximum Gasteiger partial charge on any atom is 0.164 e. The molecule has 0 spiro atoms. The third-order valence-electron chi connectivity index (χ3n) is 4.15. The molecule has 15 heavy (non-hydrogen) atoms. The Balaban J connectivity index is 2.13. The summed E-state index contributed by atoms with van der Waals surface area (Å²) in [6.45, 7) is 4.82. The Kier molecular flexibility index (Phi) is 3.15. The first-order valence-corrected chi connectivity index (χ1v) is 6.40. The molecule has 2 aliphatic carbocycles. The summed E-state index contributed by atoms with van der Waals surface area (Å²) < 4.78 is 5.98. The van der Waals surface area contributed by atoms with Gasteiger partial charge in [0.1, 0.15) is 5.60 Å². The van der Waals surface area contributed by atoms with Crippen LogP contribution in [0.1, 0.15) is 52.4 Å². The van der Waals surface area contributed by atoms with Gasteiger partial charge in [-0.25, -0.2) is 0 Å². The van der Waals surface area contributed by atoms with Crippen LogP contribution in [-0.4, -0.2) is 18.0 Å². The molecule has 0 N–H and O–H groups in total. The molecule has 86 valence electrons. The van der Waals surface area contributed by atoms with Gasteiger partial charge in [-0.05, 0) is 43.9 Å². The summed E-state index contributed by atoms with van der Waals surface area (Å²) in [5.74, 6) is 1.65. The minimum absolute atomic E-state index is 0.350. The van der Waals surface area contributed by atoms with Gasteiger partial charge in [0.2, 0.25) is 0 Å². The van der Waals surface area contributed by atoms with Gasteiger partial charge in [-0.3, -0.25) is 4.79 Å². The van der Waals surface area contributed by atoms with E-state index in [0.29, 0.717) is 18.1 Å². The number of fused-ring (bicyclic) bond motifs is 2. The Labute approximate surface area is 92.4 Å². The summed E-state index contributed by atoms with van der Waals surface area (Å²) in [5, 5.41) is 0. The smallest absolute Gasteiger partial charge is 0.164 e. The normalized spacial score (nSPS) is 38.5. The van der Waals surface area contributed by atoms with Crippen LogP contribution in [0.15, 0.2) is 0 Å². The first-order valence-electron chi connectivity index (χ1n) is 6.40. The van der Waals surface area contributed by atoms with Crippen LogP contribution in [0.25, 0.3) is 0 Å². The minimum atomic E-state index is -0.367. The molecule has 0 saturated heterocycles. The Morgan fingerprint density at radius 1 is 1.40 bits per heavy atom. The van der Waals surface area contributed by atoms with Gasteiger partial charge in [0.25, 0.3) is 0 Å². The van der Waals surface area contributed by atoms with E-state index in [1.54, 1.807) is 0 Å². The number of ketones is 1. The summed E-state index contributed by atoms with van der Waals surface area (Å²) in [6.07, 6.45) is 6.40. The molecule has 2 saturated carbocycles. The van der Waals surface area contributed by atoms with Gasteiger partial charge in [-0.2, -0.15) is 0 Å². The Hall–Kier alpha value is -0.370. The number of carbonyl (C=O) groups is 1. The average Bonchev–Trinajstić information content (AvgIpc) is 2.85. The largest absolute Gasteiger partial charge is 0.367 e. The van der Waals surface area contributed by atoms with E-state index >= 15 is 0 Å². The van der Waals surface area contributed by atoms with Gasteiger partial charge in [0.05, 0.1) is 0 Å². The zero-order valence-corrected chi connectivity index (χ0v) is 9.92. The lowest BCUT2D eigenvalue weighted by molar-refractivity contribution is -0.152. The van der Waals surface area contributed by atoms with E-state index in [0.717, 1.165) is 25.4 Å². The molecule has 2 fully saturated rings. The van der Waals surface area contributed by atoms with E-state index < -0.39 is 0 Å². The van der Waals surface area contributed by atoms with Gasteiger partial charge >= 0.3 is 0 Å². The highest BCUT2D eigenvalue weighted by molar-refractivity contribution is 5.88. The first kappa shape index (κ1) is 11.1. The quantitative estimate of drug-likeness (QED) is 0.697. The van der Waals surface area contributed by atoms with Crippen molar-refractivity contribution in [3.8, 4) is 0 Å². The molecule has 3 unspecified atom stereocenters. The minimum Gasteiger partial charge on any atom is -0.367 e. The van der Waals surface area contributed by atoms with Crippen molar-refractivity contribution >= 4 is 5.78 Å². The number of carbonyl (C=O) groups excluding carboxylic acids is 1. The summed E-state index contributed by atoms with van der Waals surface area (Å²) in [4.78, 5) is 12.1. The van der Waals surface area contributed by atoms with Gasteiger partial charge < -0.3 is 4.74 Å². The van der Waals surface area contributed by atoms with Crippen LogP contribution in [0.2, 0.25) is 0 Å². The SMILES string of the molecule is CCCOC1(C(=O)CC)CC2CCC1C2. The van der Waals surface area contributed by atoms with Crippen molar-refractivity contribution in [2.45, 2.75) is 58.0 Å². The molecule has 0 aliphatic heterocycles. The zero-order valence-electron chi connectivity index (χ0n) is 9.92. The molecule has 0 radical (unpaired) electrons. The molecule has 2 bridgehead atoms. The second-order valence-corrected chi connectivity index (χ2v) is 5.09. The molecule has 0 aromatic heterocycles. The van der Waals surface area contributed by atoms with Crippen LogP contribution < -0.4 is 0 Å². The van der Waals surface area contributed by atoms with Crippen LogP contribution in [-0.2, 0) is 9.53 Å². The summed E-state index contributed by atoms with van der Waals surface area (Å²) in [6, 6.07) is 0. The van der Waals surface area contributed by atoms with Crippen molar-refractivity contribution < 1.29 is 9.53 Å². The second kappa shape index (κ2) is 4.25. The van der Waals surface area contributed by atoms with E-state index in [4.69, 9.17) is 4.74 Å². The lowest BCUT2D eigenvalue weighted by Crippen LogP contribution is -2.46. The highest BCUT2D eigenvalue weighted by Crippen LogP contribution is 2.53. The third kappa shape index (κ3) is 1.73. The highest BCUT2D eigenvalue weighted by atomic mass is 16.5. The molecule has 2 rings (SSSR count). The maximum absolute atomic E-state index is 12.1. The van der Waals surface area contributed by atoms with Crippen molar-refractivity contribution in [2.75, 3.05) is 6.61 Å². The van der Waals surface area contributed by atoms with Crippen molar-refractivity contribution in [1.82, 2.24) is 0 Å². The third-order valence-corrected chi connectivity index (χ3v) is 4.15. The first-order chi connectivity index (χ1) is 7.23. The Morgan fingerprint density at radius 2 is 2.20 bits per heavy atom. The van der Waals surface area contributed by atoms with E-state index in [-0.39, 0.29) is 5.60 Å². The maximum atomic E-state index is 12.1. The van der Waals surface area contributed by atoms with Crippen LogP contribution in [0.3, 0.4) is 0 Å². The van der Waals surface area contributed by atoms with Crippen LogP contribution in [0.5, 0.6) is 0 Å². The summed E-state index contributed by atoms with van der Waals surface area (Å²) >= 11 is 0. The van der Waals surface area contributed by atoms with Gasteiger partial charge in [0.15, 0.2) is 5.78 Å². The molecular formula is C13H22O2. The number of ether oxygens (including phenoxy) is 1. The van der Waals surface area contributed by atoms with Crippen molar-refractivity contribution in [3.63, 3.8) is 0 Å². The van der Waals surface area contributed by atoms with Crippen LogP contribution in [0, 0.1) is 11.8 Å². The van der Waals surface area contributed by atoms with E-state index in [2.05, 4.69) is 6.92 Å². The Morgan fingerprint density at radius 3 is 2.67 bits per heavy atom. The van der Waals surface area contributed by atoms with Crippen molar-refractivity contribution in [2.24, 2.45) is 11.8 Å². The van der Waals surface area contributed by atoms with Gasteiger partial charge in [-0.1, -0.05) is 13.8 Å². The molecule has 3 atom stereocenters. The molecule has 2 nitrogen and oxygen atoms in total. The van der Waals surface area contributed by atoms with E-state index in [1.165, 1.54) is 19.3 Å².